The maximum atomic E-state index is 12.0. The molecule has 1 N–H and O–H groups in total. The van der Waals surface area contributed by atoms with E-state index in [2.05, 4.69) is 5.32 Å². The highest BCUT2D eigenvalue weighted by atomic mass is 35.5. The number of methoxy groups -OCH3 is 1. The summed E-state index contributed by atoms with van der Waals surface area (Å²) in [4.78, 5) is 12.0. The van der Waals surface area contributed by atoms with E-state index in [1.807, 2.05) is 38.1 Å². The lowest BCUT2D eigenvalue weighted by atomic mass is 10.2. The summed E-state index contributed by atoms with van der Waals surface area (Å²) >= 11 is 6.04. The standard InChI is InChI=1S/C17H18ClNO3/c1-11-4-6-13(7-5-11)22-10-17(20)19-15-8-12(2)14(18)9-16(15)21-3/h4-9H,10H2,1-3H3,(H,19,20). The Balaban J connectivity index is 2.00. The van der Waals surface area contributed by atoms with E-state index in [1.54, 1.807) is 12.1 Å². The zero-order valence-electron chi connectivity index (χ0n) is 12.8. The summed E-state index contributed by atoms with van der Waals surface area (Å²) in [5.74, 6) is 0.903. The van der Waals surface area contributed by atoms with Gasteiger partial charge in [-0.2, -0.15) is 0 Å². The number of amides is 1. The molecule has 2 aromatic carbocycles. The molecule has 0 fully saturated rings. The molecule has 0 saturated heterocycles. The Hall–Kier alpha value is -2.20. The van der Waals surface area contributed by atoms with Gasteiger partial charge < -0.3 is 14.8 Å². The van der Waals surface area contributed by atoms with Gasteiger partial charge in [-0.25, -0.2) is 0 Å². The summed E-state index contributed by atoms with van der Waals surface area (Å²) in [7, 11) is 1.53. The van der Waals surface area contributed by atoms with Crippen LogP contribution in [0.2, 0.25) is 5.02 Å². The van der Waals surface area contributed by atoms with E-state index in [9.17, 15) is 4.79 Å². The number of carbonyl (C=O) groups excluding carboxylic acids is 1. The average Bonchev–Trinajstić information content (AvgIpc) is 2.50. The number of rotatable bonds is 5. The second-order valence-corrected chi connectivity index (χ2v) is 5.36. The molecule has 2 rings (SSSR count). The Labute approximate surface area is 135 Å². The van der Waals surface area contributed by atoms with Gasteiger partial charge in [0.2, 0.25) is 0 Å². The van der Waals surface area contributed by atoms with Crippen molar-refractivity contribution in [3.8, 4) is 11.5 Å². The van der Waals surface area contributed by atoms with E-state index in [-0.39, 0.29) is 12.5 Å². The SMILES string of the molecule is COc1cc(Cl)c(C)cc1NC(=O)COc1ccc(C)cc1. The van der Waals surface area contributed by atoms with Crippen molar-refractivity contribution >= 4 is 23.2 Å². The maximum Gasteiger partial charge on any atom is 0.262 e. The molecule has 22 heavy (non-hydrogen) atoms. The van der Waals surface area contributed by atoms with Crippen LogP contribution in [-0.2, 0) is 4.79 Å². The van der Waals surface area contributed by atoms with Crippen LogP contribution >= 0.6 is 11.6 Å². The predicted molar refractivity (Wildman–Crippen MR) is 88.0 cm³/mol. The molecule has 0 atom stereocenters. The Morgan fingerprint density at radius 1 is 1.18 bits per heavy atom. The van der Waals surface area contributed by atoms with Crippen LogP contribution in [0.4, 0.5) is 5.69 Å². The number of benzene rings is 2. The molecule has 0 spiro atoms. The summed E-state index contributed by atoms with van der Waals surface area (Å²) in [6.07, 6.45) is 0. The second-order valence-electron chi connectivity index (χ2n) is 4.95. The van der Waals surface area contributed by atoms with E-state index in [0.717, 1.165) is 11.1 Å². The number of halogens is 1. The Morgan fingerprint density at radius 2 is 1.86 bits per heavy atom. The van der Waals surface area contributed by atoms with Crippen molar-refractivity contribution in [1.29, 1.82) is 0 Å². The van der Waals surface area contributed by atoms with Crippen LogP contribution in [0.5, 0.6) is 11.5 Å². The molecular formula is C17H18ClNO3. The van der Waals surface area contributed by atoms with Crippen molar-refractivity contribution in [3.63, 3.8) is 0 Å². The number of nitrogens with one attached hydrogen (secondary N) is 1. The van der Waals surface area contributed by atoms with Gasteiger partial charge in [0.15, 0.2) is 6.61 Å². The Kier molecular flexibility index (Phi) is 5.28. The molecule has 2 aromatic rings. The average molecular weight is 320 g/mol. The van der Waals surface area contributed by atoms with Crippen LogP contribution in [0.25, 0.3) is 0 Å². The number of hydrogen-bond donors (Lipinski definition) is 1. The summed E-state index contributed by atoms with van der Waals surface area (Å²) < 4.78 is 10.7. The molecule has 0 aliphatic carbocycles. The first-order valence-electron chi connectivity index (χ1n) is 6.83. The Bertz CT molecular complexity index is 668. The summed E-state index contributed by atoms with van der Waals surface area (Å²) in [6, 6.07) is 11.0. The Morgan fingerprint density at radius 3 is 2.50 bits per heavy atom. The number of ether oxygens (including phenoxy) is 2. The van der Waals surface area contributed by atoms with E-state index >= 15 is 0 Å². The minimum Gasteiger partial charge on any atom is -0.495 e. The zero-order chi connectivity index (χ0) is 16.1. The van der Waals surface area contributed by atoms with Crippen LogP contribution in [-0.4, -0.2) is 19.6 Å². The first-order chi connectivity index (χ1) is 10.5. The highest BCUT2D eigenvalue weighted by molar-refractivity contribution is 6.31. The van der Waals surface area contributed by atoms with Gasteiger partial charge in [0, 0.05) is 11.1 Å². The molecule has 0 bridgehead atoms. The van der Waals surface area contributed by atoms with Crippen molar-refractivity contribution in [1.82, 2.24) is 0 Å². The summed E-state index contributed by atoms with van der Waals surface area (Å²) in [5.41, 5.74) is 2.57. The van der Waals surface area contributed by atoms with Crippen molar-refractivity contribution < 1.29 is 14.3 Å². The fraction of sp³-hybridized carbons (Fsp3) is 0.235. The molecular weight excluding hydrogens is 302 g/mol. The van der Waals surface area contributed by atoms with E-state index < -0.39 is 0 Å². The minimum atomic E-state index is -0.263. The van der Waals surface area contributed by atoms with Crippen molar-refractivity contribution in [2.75, 3.05) is 19.0 Å². The highest BCUT2D eigenvalue weighted by Crippen LogP contribution is 2.30. The number of hydrogen-bond acceptors (Lipinski definition) is 3. The fourth-order valence-electron chi connectivity index (χ4n) is 1.90. The highest BCUT2D eigenvalue weighted by Gasteiger charge is 2.11. The van der Waals surface area contributed by atoms with Gasteiger partial charge in [-0.3, -0.25) is 4.79 Å². The maximum absolute atomic E-state index is 12.0. The van der Waals surface area contributed by atoms with E-state index in [1.165, 1.54) is 7.11 Å². The predicted octanol–water partition coefficient (Wildman–Crippen LogP) is 3.98. The molecule has 116 valence electrons. The molecule has 0 radical (unpaired) electrons. The molecule has 0 aliphatic heterocycles. The van der Waals surface area contributed by atoms with Crippen LogP contribution in [0, 0.1) is 13.8 Å². The number of carbonyl (C=O) groups is 1. The van der Waals surface area contributed by atoms with Gasteiger partial charge >= 0.3 is 0 Å². The van der Waals surface area contributed by atoms with E-state index in [0.29, 0.717) is 22.2 Å². The lowest BCUT2D eigenvalue weighted by Gasteiger charge is -2.12. The van der Waals surface area contributed by atoms with E-state index in [4.69, 9.17) is 21.1 Å². The normalized spacial score (nSPS) is 10.2. The largest absolute Gasteiger partial charge is 0.495 e. The van der Waals surface area contributed by atoms with Gasteiger partial charge in [0.25, 0.3) is 5.91 Å². The van der Waals surface area contributed by atoms with Gasteiger partial charge in [-0.05, 0) is 37.6 Å². The number of aryl methyl sites for hydroxylation is 2. The third-order valence-electron chi connectivity index (χ3n) is 3.15. The minimum absolute atomic E-state index is 0.0755. The molecule has 4 nitrogen and oxygen atoms in total. The lowest BCUT2D eigenvalue weighted by molar-refractivity contribution is -0.118. The quantitative estimate of drug-likeness (QED) is 0.906. The molecule has 5 heteroatoms. The first kappa shape index (κ1) is 16.2. The van der Waals surface area contributed by atoms with Crippen LogP contribution in [0.3, 0.4) is 0 Å². The van der Waals surface area contributed by atoms with Crippen LogP contribution < -0.4 is 14.8 Å². The smallest absolute Gasteiger partial charge is 0.262 e. The molecule has 1 amide bonds. The van der Waals surface area contributed by atoms with Crippen molar-refractivity contribution in [3.05, 3.63) is 52.5 Å². The zero-order valence-corrected chi connectivity index (χ0v) is 13.5. The van der Waals surface area contributed by atoms with Gasteiger partial charge in [-0.1, -0.05) is 29.3 Å². The first-order valence-corrected chi connectivity index (χ1v) is 7.21. The molecule has 0 saturated carbocycles. The third-order valence-corrected chi connectivity index (χ3v) is 3.55. The lowest BCUT2D eigenvalue weighted by Crippen LogP contribution is -2.20. The monoisotopic (exact) mass is 319 g/mol. The molecule has 0 aliphatic rings. The van der Waals surface area contributed by atoms with Gasteiger partial charge in [0.05, 0.1) is 12.8 Å². The van der Waals surface area contributed by atoms with Crippen LogP contribution in [0.1, 0.15) is 11.1 Å². The summed E-state index contributed by atoms with van der Waals surface area (Å²) in [5, 5.41) is 3.35. The fourth-order valence-corrected chi connectivity index (χ4v) is 2.05. The van der Waals surface area contributed by atoms with Gasteiger partial charge in [-0.15, -0.1) is 0 Å². The molecule has 0 heterocycles. The van der Waals surface area contributed by atoms with Gasteiger partial charge in [0.1, 0.15) is 11.5 Å². The second kappa shape index (κ2) is 7.18. The topological polar surface area (TPSA) is 47.6 Å². The van der Waals surface area contributed by atoms with Crippen molar-refractivity contribution in [2.45, 2.75) is 13.8 Å². The third kappa shape index (κ3) is 4.15. The molecule has 0 unspecified atom stereocenters. The molecule has 0 aromatic heterocycles. The number of anilines is 1. The van der Waals surface area contributed by atoms with Crippen LogP contribution in [0.15, 0.2) is 36.4 Å². The summed E-state index contributed by atoms with van der Waals surface area (Å²) in [6.45, 7) is 3.78. The van der Waals surface area contributed by atoms with Crippen molar-refractivity contribution in [2.24, 2.45) is 0 Å².